The largest absolute Gasteiger partial charge is 0.399 e. The van der Waals surface area contributed by atoms with E-state index in [2.05, 4.69) is 24.5 Å². The van der Waals surface area contributed by atoms with E-state index in [1.165, 1.54) is 24.2 Å². The number of nitrogens with two attached hydrogens (primary N) is 1. The fraction of sp³-hybridized carbons (Fsp3) is 0.588. The van der Waals surface area contributed by atoms with Crippen LogP contribution < -0.4 is 5.73 Å². The van der Waals surface area contributed by atoms with Gasteiger partial charge in [-0.1, -0.05) is 13.8 Å². The van der Waals surface area contributed by atoms with Gasteiger partial charge in [-0.05, 0) is 42.9 Å². The highest BCUT2D eigenvalue weighted by atomic mass is 16.5. The molecule has 1 aliphatic rings. The summed E-state index contributed by atoms with van der Waals surface area (Å²) in [7, 11) is 1.76. The zero-order chi connectivity index (χ0) is 15.0. The fourth-order valence-electron chi connectivity index (χ4n) is 2.87. The molecule has 4 nitrogen and oxygen atoms in total. The van der Waals surface area contributed by atoms with E-state index in [4.69, 9.17) is 15.5 Å². The zero-order valence-corrected chi connectivity index (χ0v) is 13.2. The summed E-state index contributed by atoms with van der Waals surface area (Å²) in [6, 6.07) is 6.06. The lowest BCUT2D eigenvalue weighted by atomic mass is 9.89. The van der Waals surface area contributed by atoms with E-state index in [1.807, 2.05) is 12.1 Å². The van der Waals surface area contributed by atoms with Gasteiger partial charge in [-0.3, -0.25) is 0 Å². The van der Waals surface area contributed by atoms with Gasteiger partial charge in [-0.2, -0.15) is 0 Å². The summed E-state index contributed by atoms with van der Waals surface area (Å²) >= 11 is 0. The molecule has 1 fully saturated rings. The maximum absolute atomic E-state index is 5.90. The number of aromatic nitrogens is 2. The molecule has 1 saturated carbocycles. The van der Waals surface area contributed by atoms with E-state index in [0.29, 0.717) is 5.92 Å². The van der Waals surface area contributed by atoms with Crippen molar-refractivity contribution in [2.45, 2.75) is 45.6 Å². The molecular formula is C17H25N3O. The second-order valence-corrected chi connectivity index (χ2v) is 6.99. The summed E-state index contributed by atoms with van der Waals surface area (Å²) in [6.07, 6.45) is 3.57. The number of nitrogens with zero attached hydrogens (tertiary/aromatic N) is 2. The van der Waals surface area contributed by atoms with Crippen LogP contribution in [0.5, 0.6) is 0 Å². The Morgan fingerprint density at radius 1 is 1.38 bits per heavy atom. The first-order valence-corrected chi connectivity index (χ1v) is 7.75. The number of anilines is 1. The van der Waals surface area contributed by atoms with Gasteiger partial charge < -0.3 is 15.0 Å². The molecule has 0 atom stereocenters. The van der Waals surface area contributed by atoms with Gasteiger partial charge in [0.1, 0.15) is 5.82 Å². The van der Waals surface area contributed by atoms with Crippen molar-refractivity contribution in [2.75, 3.05) is 19.5 Å². The summed E-state index contributed by atoms with van der Waals surface area (Å²) in [5.41, 5.74) is 9.11. The number of fused-ring (bicyclic) bond motifs is 1. The average Bonchev–Trinajstić information content (AvgIpc) is 3.21. The molecule has 0 aliphatic heterocycles. The minimum atomic E-state index is 0.189. The molecule has 3 rings (SSSR count). The highest BCUT2D eigenvalue weighted by molar-refractivity contribution is 5.80. The van der Waals surface area contributed by atoms with Gasteiger partial charge in [0.05, 0.1) is 11.0 Å². The Kier molecular flexibility index (Phi) is 3.66. The van der Waals surface area contributed by atoms with Crippen LogP contribution in [0.25, 0.3) is 11.0 Å². The van der Waals surface area contributed by atoms with Crippen molar-refractivity contribution in [1.29, 1.82) is 0 Å². The van der Waals surface area contributed by atoms with Gasteiger partial charge in [-0.25, -0.2) is 4.98 Å². The molecule has 2 aromatic rings. The molecule has 0 bridgehead atoms. The van der Waals surface area contributed by atoms with Crippen molar-refractivity contribution >= 4 is 16.7 Å². The third kappa shape index (κ3) is 3.05. The average molecular weight is 287 g/mol. The van der Waals surface area contributed by atoms with Crippen LogP contribution in [-0.4, -0.2) is 23.3 Å². The molecule has 0 spiro atoms. The van der Waals surface area contributed by atoms with Gasteiger partial charge in [0.25, 0.3) is 0 Å². The quantitative estimate of drug-likeness (QED) is 0.826. The predicted octanol–water partition coefficient (Wildman–Crippen LogP) is 3.56. The first kappa shape index (κ1) is 14.4. The zero-order valence-electron chi connectivity index (χ0n) is 13.2. The number of methoxy groups -OCH3 is 1. The molecule has 0 amide bonds. The summed E-state index contributed by atoms with van der Waals surface area (Å²) in [4.78, 5) is 4.85. The van der Waals surface area contributed by atoms with Crippen molar-refractivity contribution in [3.05, 3.63) is 24.0 Å². The predicted molar refractivity (Wildman–Crippen MR) is 86.4 cm³/mol. The molecule has 4 heteroatoms. The Labute approximate surface area is 126 Å². The Morgan fingerprint density at radius 2 is 2.14 bits per heavy atom. The molecular weight excluding hydrogens is 262 g/mol. The number of hydrogen-bond acceptors (Lipinski definition) is 3. The number of ether oxygens (including phenoxy) is 1. The summed E-state index contributed by atoms with van der Waals surface area (Å²) in [5, 5.41) is 0. The minimum absolute atomic E-state index is 0.189. The van der Waals surface area contributed by atoms with Crippen molar-refractivity contribution in [1.82, 2.24) is 9.55 Å². The molecule has 0 saturated heterocycles. The van der Waals surface area contributed by atoms with Crippen LogP contribution in [0.2, 0.25) is 0 Å². The van der Waals surface area contributed by atoms with E-state index in [0.717, 1.165) is 30.8 Å². The highest BCUT2D eigenvalue weighted by Gasteiger charge is 2.31. The van der Waals surface area contributed by atoms with E-state index >= 15 is 0 Å². The van der Waals surface area contributed by atoms with Gasteiger partial charge in [0.2, 0.25) is 0 Å². The van der Waals surface area contributed by atoms with Crippen LogP contribution in [-0.2, 0) is 11.3 Å². The van der Waals surface area contributed by atoms with Crippen molar-refractivity contribution < 1.29 is 4.74 Å². The highest BCUT2D eigenvalue weighted by Crippen LogP contribution is 2.42. The van der Waals surface area contributed by atoms with Crippen LogP contribution in [0.4, 0.5) is 5.69 Å². The molecule has 114 valence electrons. The second kappa shape index (κ2) is 5.34. The number of imidazole rings is 1. The Hall–Kier alpha value is -1.55. The molecule has 1 aromatic heterocycles. The lowest BCUT2D eigenvalue weighted by molar-refractivity contribution is 0.142. The normalized spacial score (nSPS) is 15.8. The molecule has 1 aliphatic carbocycles. The van der Waals surface area contributed by atoms with Crippen LogP contribution >= 0.6 is 0 Å². The summed E-state index contributed by atoms with van der Waals surface area (Å²) in [5.74, 6) is 1.87. The molecule has 1 aromatic carbocycles. The Balaban J connectivity index is 1.97. The van der Waals surface area contributed by atoms with Crippen LogP contribution in [0.15, 0.2) is 18.2 Å². The van der Waals surface area contributed by atoms with Crippen molar-refractivity contribution in [3.63, 3.8) is 0 Å². The minimum Gasteiger partial charge on any atom is -0.399 e. The molecule has 0 radical (unpaired) electrons. The molecule has 2 N–H and O–H groups in total. The third-order valence-corrected chi connectivity index (χ3v) is 4.31. The smallest absolute Gasteiger partial charge is 0.113 e. The van der Waals surface area contributed by atoms with Gasteiger partial charge in [-0.15, -0.1) is 0 Å². The van der Waals surface area contributed by atoms with E-state index in [-0.39, 0.29) is 5.41 Å². The molecule has 21 heavy (non-hydrogen) atoms. The van der Waals surface area contributed by atoms with E-state index in [9.17, 15) is 0 Å². The number of benzene rings is 1. The maximum Gasteiger partial charge on any atom is 0.113 e. The van der Waals surface area contributed by atoms with E-state index in [1.54, 1.807) is 7.11 Å². The van der Waals surface area contributed by atoms with E-state index < -0.39 is 0 Å². The molecule has 0 unspecified atom stereocenters. The Bertz CT molecular complexity index is 641. The standard InChI is InChI=1S/C17H25N3O/c1-17(2,8-9-21-3)11-20-15-7-6-13(18)10-14(15)19-16(20)12-4-5-12/h6-7,10,12H,4-5,8-9,11,18H2,1-3H3. The number of rotatable bonds is 6. The van der Waals surface area contributed by atoms with Crippen LogP contribution in [0, 0.1) is 5.41 Å². The third-order valence-electron chi connectivity index (χ3n) is 4.31. The van der Waals surface area contributed by atoms with Gasteiger partial charge >= 0.3 is 0 Å². The topological polar surface area (TPSA) is 53.1 Å². The molecule has 1 heterocycles. The SMILES string of the molecule is COCCC(C)(C)Cn1c(C2CC2)nc2cc(N)ccc21. The van der Waals surface area contributed by atoms with Gasteiger partial charge in [0, 0.05) is 31.9 Å². The maximum atomic E-state index is 5.90. The number of nitrogen functional groups attached to an aromatic ring is 1. The van der Waals surface area contributed by atoms with Crippen molar-refractivity contribution in [3.8, 4) is 0 Å². The summed E-state index contributed by atoms with van der Waals surface area (Å²) in [6.45, 7) is 6.37. The first-order chi connectivity index (χ1) is 10.00. The Morgan fingerprint density at radius 3 is 2.81 bits per heavy atom. The summed E-state index contributed by atoms with van der Waals surface area (Å²) < 4.78 is 7.65. The van der Waals surface area contributed by atoms with Crippen LogP contribution in [0.1, 0.15) is 44.9 Å². The number of hydrogen-bond donors (Lipinski definition) is 1. The van der Waals surface area contributed by atoms with Crippen LogP contribution in [0.3, 0.4) is 0 Å². The van der Waals surface area contributed by atoms with Gasteiger partial charge in [0.15, 0.2) is 0 Å². The second-order valence-electron chi connectivity index (χ2n) is 6.99. The lowest BCUT2D eigenvalue weighted by Crippen LogP contribution is -2.22. The fourth-order valence-corrected chi connectivity index (χ4v) is 2.87. The van der Waals surface area contributed by atoms with Crippen molar-refractivity contribution in [2.24, 2.45) is 5.41 Å². The first-order valence-electron chi connectivity index (χ1n) is 7.75. The monoisotopic (exact) mass is 287 g/mol. The lowest BCUT2D eigenvalue weighted by Gasteiger charge is -2.26.